The maximum Gasteiger partial charge on any atom is 0.271 e. The smallest absolute Gasteiger partial charge is 0.271 e. The molecule has 3 N–H and O–H groups in total. The first-order valence-corrected chi connectivity index (χ1v) is 7.22. The van der Waals surface area contributed by atoms with E-state index in [-0.39, 0.29) is 11.9 Å². The summed E-state index contributed by atoms with van der Waals surface area (Å²) in [4.78, 5) is 21.3. The average Bonchev–Trinajstić information content (AvgIpc) is 2.94. The first-order valence-electron chi connectivity index (χ1n) is 5.46. The van der Waals surface area contributed by atoms with E-state index in [1.165, 1.54) is 22.7 Å². The largest absolute Gasteiger partial charge is 0.346 e. The molecule has 0 aliphatic carbocycles. The summed E-state index contributed by atoms with van der Waals surface area (Å²) in [6, 6.07) is -0.139. The van der Waals surface area contributed by atoms with Gasteiger partial charge in [-0.3, -0.25) is 4.79 Å². The minimum absolute atomic E-state index is 0.139. The summed E-state index contributed by atoms with van der Waals surface area (Å²) in [5.41, 5.74) is 8.86. The van der Waals surface area contributed by atoms with Crippen molar-refractivity contribution >= 4 is 28.6 Å². The van der Waals surface area contributed by atoms with E-state index in [0.717, 1.165) is 15.6 Å². The van der Waals surface area contributed by atoms with E-state index < -0.39 is 0 Å². The molecule has 0 aliphatic heterocycles. The van der Waals surface area contributed by atoms with Crippen LogP contribution in [-0.2, 0) is 6.54 Å². The zero-order valence-electron chi connectivity index (χ0n) is 10.1. The van der Waals surface area contributed by atoms with Crippen LogP contribution in [0.1, 0.15) is 39.0 Å². The van der Waals surface area contributed by atoms with Crippen molar-refractivity contribution in [3.8, 4) is 0 Å². The van der Waals surface area contributed by atoms with E-state index in [1.807, 2.05) is 13.8 Å². The third-order valence-electron chi connectivity index (χ3n) is 2.40. The Morgan fingerprint density at radius 1 is 1.56 bits per heavy atom. The lowest BCUT2D eigenvalue weighted by Gasteiger charge is -2.02. The van der Waals surface area contributed by atoms with Crippen LogP contribution >= 0.6 is 22.7 Å². The molecular weight excluding hydrogens is 268 g/mol. The van der Waals surface area contributed by atoms with Crippen molar-refractivity contribution in [2.24, 2.45) is 5.73 Å². The second-order valence-electron chi connectivity index (χ2n) is 3.90. The fourth-order valence-corrected chi connectivity index (χ4v) is 2.82. The number of hydrogen-bond acceptors (Lipinski definition) is 6. The number of nitrogens with zero attached hydrogens (tertiary/aromatic N) is 2. The number of thiazole rings is 2. The topological polar surface area (TPSA) is 80.9 Å². The molecule has 1 amide bonds. The summed E-state index contributed by atoms with van der Waals surface area (Å²) in [7, 11) is 0. The van der Waals surface area contributed by atoms with Crippen molar-refractivity contribution in [2.75, 3.05) is 0 Å². The molecule has 0 aromatic carbocycles. The van der Waals surface area contributed by atoms with Crippen LogP contribution in [0.5, 0.6) is 0 Å². The van der Waals surface area contributed by atoms with Crippen LogP contribution < -0.4 is 11.1 Å². The molecule has 0 aliphatic rings. The molecule has 1 atom stereocenters. The van der Waals surface area contributed by atoms with E-state index in [4.69, 9.17) is 5.73 Å². The third kappa shape index (κ3) is 2.92. The molecule has 0 bridgehead atoms. The molecule has 5 nitrogen and oxygen atoms in total. The Bertz CT molecular complexity index is 547. The molecule has 18 heavy (non-hydrogen) atoms. The molecule has 0 radical (unpaired) electrons. The highest BCUT2D eigenvalue weighted by Crippen LogP contribution is 2.16. The predicted octanol–water partition coefficient (Wildman–Crippen LogP) is 1.86. The monoisotopic (exact) mass is 282 g/mol. The standard InChI is InChI=1S/C11H14N4OS2/c1-6(12)11-15-8(4-17-11)10(16)13-3-9-7(2)14-5-18-9/h4-6H,3,12H2,1-2H3,(H,13,16). The first-order chi connectivity index (χ1) is 8.58. The molecule has 2 rings (SSSR count). The van der Waals surface area contributed by atoms with Crippen molar-refractivity contribution in [1.82, 2.24) is 15.3 Å². The van der Waals surface area contributed by atoms with E-state index in [1.54, 1.807) is 10.9 Å². The Morgan fingerprint density at radius 2 is 2.33 bits per heavy atom. The van der Waals surface area contributed by atoms with Crippen molar-refractivity contribution in [3.63, 3.8) is 0 Å². The van der Waals surface area contributed by atoms with E-state index in [2.05, 4.69) is 15.3 Å². The molecule has 2 aromatic heterocycles. The Hall–Kier alpha value is -1.31. The first kappa shape index (κ1) is 13.1. The maximum atomic E-state index is 11.9. The Labute approximate surface area is 113 Å². The van der Waals surface area contributed by atoms with Crippen molar-refractivity contribution in [1.29, 1.82) is 0 Å². The van der Waals surface area contributed by atoms with Gasteiger partial charge in [-0.05, 0) is 13.8 Å². The van der Waals surface area contributed by atoms with Gasteiger partial charge in [0, 0.05) is 10.3 Å². The average molecular weight is 282 g/mol. The van der Waals surface area contributed by atoms with Gasteiger partial charge in [0.15, 0.2) is 0 Å². The van der Waals surface area contributed by atoms with Gasteiger partial charge in [0.1, 0.15) is 10.7 Å². The molecule has 0 saturated heterocycles. The summed E-state index contributed by atoms with van der Waals surface area (Å²) in [6.07, 6.45) is 0. The van der Waals surface area contributed by atoms with Gasteiger partial charge in [0.05, 0.1) is 23.8 Å². The highest BCUT2D eigenvalue weighted by atomic mass is 32.1. The summed E-state index contributed by atoms with van der Waals surface area (Å²) < 4.78 is 0. The van der Waals surface area contributed by atoms with E-state index in [9.17, 15) is 4.79 Å². The fourth-order valence-electron chi connectivity index (χ4n) is 1.35. The molecule has 7 heteroatoms. The van der Waals surface area contributed by atoms with Gasteiger partial charge in [-0.1, -0.05) is 0 Å². The van der Waals surface area contributed by atoms with E-state index >= 15 is 0 Å². The predicted molar refractivity (Wildman–Crippen MR) is 72.7 cm³/mol. The molecular formula is C11H14N4OS2. The lowest BCUT2D eigenvalue weighted by atomic mass is 10.3. The highest BCUT2D eigenvalue weighted by molar-refractivity contribution is 7.10. The zero-order chi connectivity index (χ0) is 13.1. The normalized spacial score (nSPS) is 12.4. The van der Waals surface area contributed by atoms with Crippen molar-refractivity contribution < 1.29 is 4.79 Å². The van der Waals surface area contributed by atoms with Crippen LogP contribution in [0, 0.1) is 6.92 Å². The molecule has 2 aromatic rings. The fraction of sp³-hybridized carbons (Fsp3) is 0.364. The van der Waals surface area contributed by atoms with Gasteiger partial charge in [-0.2, -0.15) is 0 Å². The van der Waals surface area contributed by atoms with Gasteiger partial charge in [-0.25, -0.2) is 9.97 Å². The number of nitrogens with one attached hydrogen (secondary N) is 1. The zero-order valence-corrected chi connectivity index (χ0v) is 11.8. The minimum atomic E-state index is -0.175. The molecule has 0 saturated carbocycles. The second kappa shape index (κ2) is 5.55. The van der Waals surface area contributed by atoms with Gasteiger partial charge in [0.25, 0.3) is 5.91 Å². The number of aromatic nitrogens is 2. The Balaban J connectivity index is 1.97. The van der Waals surface area contributed by atoms with Gasteiger partial charge < -0.3 is 11.1 Å². The SMILES string of the molecule is Cc1ncsc1CNC(=O)c1csc(C(C)N)n1. The number of aryl methyl sites for hydroxylation is 1. The van der Waals surface area contributed by atoms with Crippen LogP contribution in [0.25, 0.3) is 0 Å². The van der Waals surface area contributed by atoms with Gasteiger partial charge >= 0.3 is 0 Å². The summed E-state index contributed by atoms with van der Waals surface area (Å²) in [6.45, 7) is 4.26. The minimum Gasteiger partial charge on any atom is -0.346 e. The van der Waals surface area contributed by atoms with Gasteiger partial charge in [0.2, 0.25) is 0 Å². The van der Waals surface area contributed by atoms with Crippen LogP contribution in [0.2, 0.25) is 0 Å². The van der Waals surface area contributed by atoms with Crippen molar-refractivity contribution in [2.45, 2.75) is 26.4 Å². The van der Waals surface area contributed by atoms with Crippen LogP contribution in [0.4, 0.5) is 0 Å². The lowest BCUT2D eigenvalue weighted by Crippen LogP contribution is -2.23. The second-order valence-corrected chi connectivity index (χ2v) is 5.73. The number of carbonyl (C=O) groups excluding carboxylic acids is 1. The summed E-state index contributed by atoms with van der Waals surface area (Å²) >= 11 is 2.94. The Kier molecular flexibility index (Phi) is 4.05. The molecule has 2 heterocycles. The summed E-state index contributed by atoms with van der Waals surface area (Å²) in [5.74, 6) is -0.175. The molecule has 1 unspecified atom stereocenters. The summed E-state index contributed by atoms with van der Waals surface area (Å²) in [5, 5.41) is 5.33. The number of carbonyl (C=O) groups is 1. The lowest BCUT2D eigenvalue weighted by molar-refractivity contribution is 0.0947. The van der Waals surface area contributed by atoms with E-state index in [0.29, 0.717) is 12.2 Å². The maximum absolute atomic E-state index is 11.9. The number of rotatable bonds is 4. The number of amides is 1. The Morgan fingerprint density at radius 3 is 2.89 bits per heavy atom. The highest BCUT2D eigenvalue weighted by Gasteiger charge is 2.13. The van der Waals surface area contributed by atoms with Crippen molar-refractivity contribution in [3.05, 3.63) is 32.2 Å². The molecule has 96 valence electrons. The van der Waals surface area contributed by atoms with Crippen LogP contribution in [0.3, 0.4) is 0 Å². The quantitative estimate of drug-likeness (QED) is 0.897. The molecule has 0 fully saturated rings. The molecule has 0 spiro atoms. The van der Waals surface area contributed by atoms with Crippen LogP contribution in [0.15, 0.2) is 10.9 Å². The van der Waals surface area contributed by atoms with Gasteiger partial charge in [-0.15, -0.1) is 22.7 Å². The number of nitrogens with two attached hydrogens (primary N) is 1. The third-order valence-corrected chi connectivity index (χ3v) is 4.38. The van der Waals surface area contributed by atoms with Crippen LogP contribution in [-0.4, -0.2) is 15.9 Å². The number of hydrogen-bond donors (Lipinski definition) is 2.